The third-order valence-electron chi connectivity index (χ3n) is 3.89. The van der Waals surface area contributed by atoms with Gasteiger partial charge < -0.3 is 9.88 Å². The lowest BCUT2D eigenvalue weighted by Gasteiger charge is -2.35. The molecule has 22 heavy (non-hydrogen) atoms. The second kappa shape index (κ2) is 7.42. The third-order valence-corrected chi connectivity index (χ3v) is 4.26. The van der Waals surface area contributed by atoms with Crippen LogP contribution < -0.4 is 5.32 Å². The van der Waals surface area contributed by atoms with Gasteiger partial charge in [0.05, 0.1) is 6.04 Å². The summed E-state index contributed by atoms with van der Waals surface area (Å²) in [6.45, 7) is 3.24. The van der Waals surface area contributed by atoms with Gasteiger partial charge >= 0.3 is 0 Å². The summed E-state index contributed by atoms with van der Waals surface area (Å²) in [5, 5.41) is 4.00. The Labute approximate surface area is 140 Å². The van der Waals surface area contributed by atoms with Gasteiger partial charge in [0.15, 0.2) is 0 Å². The van der Waals surface area contributed by atoms with Crippen LogP contribution in [0.2, 0.25) is 5.02 Å². The highest BCUT2D eigenvalue weighted by molar-refractivity contribution is 6.31. The molecular weight excluding hydrogens is 326 g/mol. The molecule has 0 amide bonds. The molecule has 1 atom stereocenters. The number of hydrogen-bond donors (Lipinski definition) is 1. The van der Waals surface area contributed by atoms with E-state index in [1.54, 1.807) is 12.3 Å². The molecule has 4 nitrogen and oxygen atoms in total. The van der Waals surface area contributed by atoms with Gasteiger partial charge in [-0.25, -0.2) is 9.37 Å². The van der Waals surface area contributed by atoms with Crippen LogP contribution in [0.4, 0.5) is 4.39 Å². The zero-order valence-electron chi connectivity index (χ0n) is 12.3. The minimum absolute atomic E-state index is 0. The Morgan fingerprint density at radius 3 is 3.00 bits per heavy atom. The Balaban J connectivity index is 0.00000176. The maximum absolute atomic E-state index is 13.4. The molecule has 1 saturated heterocycles. The number of hydrogen-bond acceptors (Lipinski definition) is 3. The molecule has 120 valence electrons. The summed E-state index contributed by atoms with van der Waals surface area (Å²) in [6, 6.07) is 4.68. The molecule has 2 heterocycles. The fraction of sp³-hybridized carbons (Fsp3) is 0.400. The zero-order chi connectivity index (χ0) is 14.8. The first kappa shape index (κ1) is 17.2. The molecule has 1 aromatic carbocycles. The van der Waals surface area contributed by atoms with Gasteiger partial charge in [0.25, 0.3) is 0 Å². The van der Waals surface area contributed by atoms with Crippen molar-refractivity contribution in [3.05, 3.63) is 52.8 Å². The van der Waals surface area contributed by atoms with Crippen LogP contribution in [0.3, 0.4) is 0 Å². The van der Waals surface area contributed by atoms with Crippen molar-refractivity contribution >= 4 is 24.0 Å². The molecule has 1 aliphatic rings. The van der Waals surface area contributed by atoms with Crippen LogP contribution in [0.15, 0.2) is 30.6 Å². The Morgan fingerprint density at radius 2 is 2.27 bits per heavy atom. The fourth-order valence-electron chi connectivity index (χ4n) is 2.77. The molecule has 0 saturated carbocycles. The van der Waals surface area contributed by atoms with Gasteiger partial charge in [-0.05, 0) is 23.8 Å². The number of nitrogens with zero attached hydrogens (tertiary/aromatic N) is 3. The van der Waals surface area contributed by atoms with E-state index in [0.717, 1.165) is 31.0 Å². The minimum Gasteiger partial charge on any atom is -0.337 e. The number of imidazole rings is 1. The summed E-state index contributed by atoms with van der Waals surface area (Å²) in [5.41, 5.74) is 0.817. The Morgan fingerprint density at radius 1 is 1.45 bits per heavy atom. The lowest BCUT2D eigenvalue weighted by molar-refractivity contribution is 0.144. The SMILES string of the molecule is Cl.Cn1ccnc1C1CNCCN1Cc1cc(F)ccc1Cl. The standard InChI is InChI=1S/C15H18ClFN4.ClH/c1-20-6-5-19-15(20)14-9-18-4-7-21(14)10-11-8-12(17)2-3-13(11)16;/h2-3,5-6,8,14,18H,4,7,9-10H2,1H3;1H. The van der Waals surface area contributed by atoms with Gasteiger partial charge in [-0.1, -0.05) is 11.6 Å². The van der Waals surface area contributed by atoms with E-state index in [9.17, 15) is 4.39 Å². The number of halogens is 3. The second-order valence-corrected chi connectivity index (χ2v) is 5.73. The molecule has 0 radical (unpaired) electrons. The highest BCUT2D eigenvalue weighted by atomic mass is 35.5. The molecular formula is C15H19Cl2FN4. The molecule has 3 rings (SSSR count). The predicted molar refractivity (Wildman–Crippen MR) is 87.9 cm³/mol. The maximum atomic E-state index is 13.4. The molecule has 2 aromatic rings. The largest absolute Gasteiger partial charge is 0.337 e. The highest BCUT2D eigenvalue weighted by Gasteiger charge is 2.27. The van der Waals surface area contributed by atoms with E-state index in [-0.39, 0.29) is 24.3 Å². The number of benzene rings is 1. The molecule has 0 aliphatic carbocycles. The fourth-order valence-corrected chi connectivity index (χ4v) is 2.95. The quantitative estimate of drug-likeness (QED) is 0.929. The van der Waals surface area contributed by atoms with Crippen molar-refractivity contribution in [2.45, 2.75) is 12.6 Å². The van der Waals surface area contributed by atoms with Crippen molar-refractivity contribution in [2.75, 3.05) is 19.6 Å². The van der Waals surface area contributed by atoms with Gasteiger partial charge in [0, 0.05) is 50.6 Å². The zero-order valence-corrected chi connectivity index (χ0v) is 13.9. The van der Waals surface area contributed by atoms with Crippen molar-refractivity contribution in [3.63, 3.8) is 0 Å². The van der Waals surface area contributed by atoms with Crippen molar-refractivity contribution < 1.29 is 4.39 Å². The Hall–Kier alpha value is -1.14. The van der Waals surface area contributed by atoms with Crippen LogP contribution in [-0.2, 0) is 13.6 Å². The van der Waals surface area contributed by atoms with Gasteiger partial charge in [-0.2, -0.15) is 0 Å². The van der Waals surface area contributed by atoms with Gasteiger partial charge in [-0.3, -0.25) is 4.90 Å². The molecule has 1 aromatic heterocycles. The normalized spacial score (nSPS) is 19.0. The summed E-state index contributed by atoms with van der Waals surface area (Å²) < 4.78 is 15.5. The molecule has 1 N–H and O–H groups in total. The van der Waals surface area contributed by atoms with Crippen molar-refractivity contribution in [1.82, 2.24) is 19.8 Å². The number of nitrogens with one attached hydrogen (secondary N) is 1. The lowest BCUT2D eigenvalue weighted by atomic mass is 10.1. The number of piperazine rings is 1. The summed E-state index contributed by atoms with van der Waals surface area (Å²) in [6.07, 6.45) is 3.74. The average molecular weight is 345 g/mol. The van der Waals surface area contributed by atoms with Crippen LogP contribution in [0, 0.1) is 5.82 Å². The molecule has 1 unspecified atom stereocenters. The number of rotatable bonds is 3. The Kier molecular flexibility index (Phi) is 5.81. The topological polar surface area (TPSA) is 33.1 Å². The van der Waals surface area contributed by atoms with Crippen LogP contribution in [0.5, 0.6) is 0 Å². The van der Waals surface area contributed by atoms with Crippen molar-refractivity contribution in [1.29, 1.82) is 0 Å². The van der Waals surface area contributed by atoms with Crippen molar-refractivity contribution in [3.8, 4) is 0 Å². The molecule has 7 heteroatoms. The van der Waals surface area contributed by atoms with Crippen molar-refractivity contribution in [2.24, 2.45) is 7.05 Å². The van der Waals surface area contributed by atoms with Crippen LogP contribution in [0.25, 0.3) is 0 Å². The van der Waals surface area contributed by atoms with E-state index in [1.165, 1.54) is 12.1 Å². The van der Waals surface area contributed by atoms with E-state index >= 15 is 0 Å². The summed E-state index contributed by atoms with van der Waals surface area (Å²) >= 11 is 6.19. The van der Waals surface area contributed by atoms with Gasteiger partial charge in [0.2, 0.25) is 0 Å². The maximum Gasteiger partial charge on any atom is 0.127 e. The first-order chi connectivity index (χ1) is 10.1. The van der Waals surface area contributed by atoms with Crippen LogP contribution in [-0.4, -0.2) is 34.1 Å². The number of aryl methyl sites for hydroxylation is 1. The minimum atomic E-state index is -0.252. The van der Waals surface area contributed by atoms with E-state index in [2.05, 4.69) is 15.2 Å². The van der Waals surface area contributed by atoms with Gasteiger partial charge in [-0.15, -0.1) is 12.4 Å². The first-order valence-corrected chi connectivity index (χ1v) is 7.39. The molecule has 0 bridgehead atoms. The predicted octanol–water partition coefficient (Wildman–Crippen LogP) is 2.78. The number of aromatic nitrogens is 2. The van der Waals surface area contributed by atoms with E-state index < -0.39 is 0 Å². The highest BCUT2D eigenvalue weighted by Crippen LogP contribution is 2.25. The summed E-state index contributed by atoms with van der Waals surface area (Å²) in [7, 11) is 1.99. The molecule has 1 aliphatic heterocycles. The molecule has 1 fully saturated rings. The van der Waals surface area contributed by atoms with E-state index in [4.69, 9.17) is 11.6 Å². The average Bonchev–Trinajstić information content (AvgIpc) is 2.90. The smallest absolute Gasteiger partial charge is 0.127 e. The van der Waals surface area contributed by atoms with Gasteiger partial charge in [0.1, 0.15) is 11.6 Å². The van der Waals surface area contributed by atoms with E-state index in [1.807, 2.05) is 17.8 Å². The lowest BCUT2D eigenvalue weighted by Crippen LogP contribution is -2.46. The third kappa shape index (κ3) is 3.60. The Bertz CT molecular complexity index is 632. The monoisotopic (exact) mass is 344 g/mol. The molecule has 0 spiro atoms. The second-order valence-electron chi connectivity index (χ2n) is 5.32. The van der Waals surface area contributed by atoms with Crippen LogP contribution in [0.1, 0.15) is 17.4 Å². The first-order valence-electron chi connectivity index (χ1n) is 7.01. The summed E-state index contributed by atoms with van der Waals surface area (Å²) in [4.78, 5) is 6.74. The van der Waals surface area contributed by atoms with E-state index in [0.29, 0.717) is 11.6 Å². The van der Waals surface area contributed by atoms with Crippen LogP contribution >= 0.6 is 24.0 Å². The summed E-state index contributed by atoms with van der Waals surface area (Å²) in [5.74, 6) is 0.757.